The van der Waals surface area contributed by atoms with Crippen molar-refractivity contribution in [3.05, 3.63) is 127 Å². The Kier molecular flexibility index (Phi) is 7.64. The van der Waals surface area contributed by atoms with Crippen LogP contribution >= 0.6 is 0 Å². The Morgan fingerprint density at radius 2 is 1.70 bits per heavy atom. The topological polar surface area (TPSA) is 43.9 Å². The monoisotopic (exact) mass is 738 g/mol. The number of aromatic nitrogens is 3. The Labute approximate surface area is 265 Å². The minimum atomic E-state index is -0.0812. The third-order valence-electron chi connectivity index (χ3n) is 7.95. The summed E-state index contributed by atoms with van der Waals surface area (Å²) < 4.78 is 8.39. The van der Waals surface area contributed by atoms with Gasteiger partial charge < -0.3 is 14.0 Å². The molecule has 8 rings (SSSR count). The van der Waals surface area contributed by atoms with Gasteiger partial charge in [-0.05, 0) is 49.2 Å². The zero-order valence-corrected chi connectivity index (χ0v) is 26.9. The molecule has 4 heterocycles. The molecule has 0 spiro atoms. The van der Waals surface area contributed by atoms with E-state index in [1.54, 1.807) is 0 Å². The zero-order valence-electron chi connectivity index (χ0n) is 24.6. The maximum Gasteiger partial charge on any atom is 0.120 e. The fourth-order valence-electron chi connectivity index (χ4n) is 5.75. The Hall–Kier alpha value is -4.31. The van der Waals surface area contributed by atoms with E-state index in [1.165, 1.54) is 16.6 Å². The van der Waals surface area contributed by atoms with Crippen molar-refractivity contribution in [1.29, 1.82) is 0 Å². The molecular weight excluding hydrogens is 707 g/mol. The van der Waals surface area contributed by atoms with E-state index in [4.69, 9.17) is 9.40 Å². The molecule has 0 fully saturated rings. The summed E-state index contributed by atoms with van der Waals surface area (Å²) in [6.45, 7) is 8.80. The first-order valence-electron chi connectivity index (χ1n) is 14.4. The Balaban J connectivity index is 0.000000150. The molecule has 1 aliphatic heterocycles. The summed E-state index contributed by atoms with van der Waals surface area (Å²) in [4.78, 5) is 9.36. The number of fused-ring (bicyclic) bond motifs is 3. The molecule has 3 aromatic heterocycles. The summed E-state index contributed by atoms with van der Waals surface area (Å²) in [6, 6.07) is 37.2. The van der Waals surface area contributed by atoms with Crippen LogP contribution in [0.2, 0.25) is 0 Å². The number of hydrogen-bond donors (Lipinski definition) is 0. The van der Waals surface area contributed by atoms with E-state index >= 15 is 0 Å². The van der Waals surface area contributed by atoms with Crippen molar-refractivity contribution in [2.75, 3.05) is 0 Å². The SMILES string of the molecule is CC(C)c1ccnc(-c2[c-]ccc3c2oc2ccccc23)c1.CC1(C)C=Cc2cccc3nc(-c4[c-]cccc4)n1c23.[Ir]. The van der Waals surface area contributed by atoms with E-state index < -0.39 is 0 Å². The standard InChI is InChI=1S/C20H16NO.C18H15N2.Ir/c1-13(2)14-10-11-21-18(12-14)17-8-5-7-16-15-6-3-4-9-19(15)22-20(16)17;1-18(2)12-11-13-9-6-10-15-16(13)20(18)17(19-15)14-7-4-3-5-8-14;/h3-7,9-13H,1-2H3;3-7,9-12H,1-2H3;/q2*-1;. The van der Waals surface area contributed by atoms with Crippen molar-refractivity contribution < 1.29 is 24.5 Å². The number of pyridine rings is 1. The van der Waals surface area contributed by atoms with E-state index in [-0.39, 0.29) is 25.6 Å². The average molecular weight is 738 g/mol. The third kappa shape index (κ3) is 5.13. The Morgan fingerprint density at radius 3 is 2.51 bits per heavy atom. The van der Waals surface area contributed by atoms with Gasteiger partial charge in [0, 0.05) is 31.7 Å². The first-order valence-corrected chi connectivity index (χ1v) is 14.4. The van der Waals surface area contributed by atoms with E-state index in [9.17, 15) is 0 Å². The van der Waals surface area contributed by atoms with Crippen molar-refractivity contribution in [1.82, 2.24) is 14.5 Å². The quantitative estimate of drug-likeness (QED) is 0.170. The predicted molar refractivity (Wildman–Crippen MR) is 172 cm³/mol. The normalized spacial score (nSPS) is 13.2. The van der Waals surface area contributed by atoms with Crippen molar-refractivity contribution in [2.24, 2.45) is 0 Å². The van der Waals surface area contributed by atoms with E-state index in [1.807, 2.05) is 48.7 Å². The first-order chi connectivity index (χ1) is 20.4. The molecule has 4 aromatic carbocycles. The number of hydrogen-bond acceptors (Lipinski definition) is 3. The van der Waals surface area contributed by atoms with E-state index in [0.717, 1.165) is 50.1 Å². The summed E-state index contributed by atoms with van der Waals surface area (Å²) in [5.74, 6) is 1.46. The second-order valence-corrected chi connectivity index (χ2v) is 11.6. The maximum atomic E-state index is 6.07. The van der Waals surface area contributed by atoms with Crippen molar-refractivity contribution in [2.45, 2.75) is 39.2 Å². The van der Waals surface area contributed by atoms with Crippen LogP contribution in [0.1, 0.15) is 44.7 Å². The molecule has 1 radical (unpaired) electrons. The molecule has 4 nitrogen and oxygen atoms in total. The molecule has 0 atom stereocenters. The Morgan fingerprint density at radius 1 is 0.860 bits per heavy atom. The predicted octanol–water partition coefficient (Wildman–Crippen LogP) is 9.83. The number of imidazole rings is 1. The smallest absolute Gasteiger partial charge is 0.120 e. The summed E-state index contributed by atoms with van der Waals surface area (Å²) >= 11 is 0. The van der Waals surface area contributed by atoms with Gasteiger partial charge in [0.05, 0.1) is 28.0 Å². The van der Waals surface area contributed by atoms with Gasteiger partial charge in [0.25, 0.3) is 0 Å². The van der Waals surface area contributed by atoms with Crippen LogP contribution in [0.5, 0.6) is 0 Å². The van der Waals surface area contributed by atoms with Gasteiger partial charge in [-0.15, -0.1) is 54.1 Å². The molecule has 0 aliphatic carbocycles. The van der Waals surface area contributed by atoms with Gasteiger partial charge in [-0.3, -0.25) is 4.98 Å². The zero-order chi connectivity index (χ0) is 28.8. The average Bonchev–Trinajstić information content (AvgIpc) is 3.61. The van der Waals surface area contributed by atoms with Crippen LogP contribution in [-0.4, -0.2) is 14.5 Å². The fraction of sp³-hybridized carbons (Fsp3) is 0.158. The van der Waals surface area contributed by atoms with Gasteiger partial charge in [-0.2, -0.15) is 0 Å². The minimum Gasteiger partial charge on any atom is -0.501 e. The van der Waals surface area contributed by atoms with E-state index in [0.29, 0.717) is 5.92 Å². The van der Waals surface area contributed by atoms with Gasteiger partial charge in [-0.1, -0.05) is 78.9 Å². The largest absolute Gasteiger partial charge is 0.501 e. The van der Waals surface area contributed by atoms with Crippen molar-refractivity contribution in [3.8, 4) is 22.6 Å². The van der Waals surface area contributed by atoms with Crippen LogP contribution < -0.4 is 0 Å². The summed E-state index contributed by atoms with van der Waals surface area (Å²) in [5.41, 5.74) is 9.32. The van der Waals surface area contributed by atoms with Crippen LogP contribution in [0, 0.1) is 12.1 Å². The molecule has 0 saturated heterocycles. The molecule has 215 valence electrons. The molecular formula is C38H31IrN3O-2. The third-order valence-corrected chi connectivity index (χ3v) is 7.95. The minimum absolute atomic E-state index is 0. The number of para-hydroxylation sites is 2. The van der Waals surface area contributed by atoms with Gasteiger partial charge in [-0.25, -0.2) is 0 Å². The van der Waals surface area contributed by atoms with Gasteiger partial charge in [0.2, 0.25) is 0 Å². The molecule has 0 unspecified atom stereocenters. The second-order valence-electron chi connectivity index (χ2n) is 11.6. The molecule has 0 N–H and O–H groups in total. The number of furan rings is 1. The van der Waals surface area contributed by atoms with Gasteiger partial charge >= 0.3 is 0 Å². The Bertz CT molecular complexity index is 2100. The first kappa shape index (κ1) is 28.8. The summed E-state index contributed by atoms with van der Waals surface area (Å²) in [6.07, 6.45) is 6.30. The summed E-state index contributed by atoms with van der Waals surface area (Å²) in [7, 11) is 0. The van der Waals surface area contributed by atoms with E-state index in [2.05, 4.69) is 110 Å². The molecule has 0 saturated carbocycles. The van der Waals surface area contributed by atoms with Crippen LogP contribution in [0.25, 0.3) is 61.7 Å². The maximum absolute atomic E-state index is 6.07. The number of nitrogens with zero attached hydrogens (tertiary/aromatic N) is 3. The fourth-order valence-corrected chi connectivity index (χ4v) is 5.75. The van der Waals surface area contributed by atoms with Gasteiger partial charge in [0.1, 0.15) is 5.58 Å². The molecule has 7 aromatic rings. The molecule has 1 aliphatic rings. The van der Waals surface area contributed by atoms with Crippen LogP contribution in [0.3, 0.4) is 0 Å². The number of allylic oxidation sites excluding steroid dienone is 1. The number of benzene rings is 4. The summed E-state index contributed by atoms with van der Waals surface area (Å²) in [5, 5.41) is 2.24. The van der Waals surface area contributed by atoms with Gasteiger partial charge in [0.15, 0.2) is 0 Å². The number of rotatable bonds is 3. The van der Waals surface area contributed by atoms with Crippen molar-refractivity contribution in [3.63, 3.8) is 0 Å². The van der Waals surface area contributed by atoms with Crippen molar-refractivity contribution >= 4 is 39.0 Å². The molecule has 5 heteroatoms. The molecule has 0 amide bonds. The molecule has 43 heavy (non-hydrogen) atoms. The van der Waals surface area contributed by atoms with Crippen LogP contribution in [0.15, 0.2) is 108 Å². The second kappa shape index (κ2) is 11.4. The molecule has 0 bridgehead atoms. The van der Waals surface area contributed by atoms with Crippen LogP contribution in [0.4, 0.5) is 0 Å². The van der Waals surface area contributed by atoms with Crippen LogP contribution in [-0.2, 0) is 25.6 Å².